The number of rotatable bonds is 6. The molecule has 0 unspecified atom stereocenters. The molecule has 10 aromatic rings. The Bertz CT molecular complexity index is 3030. The number of hydrogen-bond acceptors (Lipinski definition) is 4. The van der Waals surface area contributed by atoms with Crippen LogP contribution < -0.4 is 0 Å². The highest BCUT2D eigenvalue weighted by atomic mass is 16.3. The number of aromatic hydroxyl groups is 1. The molecule has 5 nitrogen and oxygen atoms in total. The van der Waals surface area contributed by atoms with E-state index in [1.807, 2.05) is 48.7 Å². The molecular weight excluding hydrogens is 663 g/mol. The van der Waals surface area contributed by atoms with Crippen LogP contribution in [0, 0.1) is 0 Å². The molecule has 10 rings (SSSR count). The molecule has 0 saturated carbocycles. The van der Waals surface area contributed by atoms with Crippen LogP contribution in [0.2, 0.25) is 0 Å². The van der Waals surface area contributed by atoms with Crippen molar-refractivity contribution in [1.82, 2.24) is 14.5 Å². The Kier molecular flexibility index (Phi) is 7.24. The van der Waals surface area contributed by atoms with Gasteiger partial charge in [0, 0.05) is 33.8 Å². The smallest absolute Gasteiger partial charge is 0.149 e. The van der Waals surface area contributed by atoms with Crippen LogP contribution in [0.1, 0.15) is 25.0 Å². The summed E-state index contributed by atoms with van der Waals surface area (Å²) in [6.45, 7) is 4.55. The second-order valence-corrected chi connectivity index (χ2v) is 14.4. The van der Waals surface area contributed by atoms with Gasteiger partial charge in [-0.15, -0.1) is 0 Å². The topological polar surface area (TPSA) is 64.1 Å². The minimum Gasteiger partial charge on any atom is -0.507 e. The maximum atomic E-state index is 11.1. The molecular formula is C49H35N3O2. The molecule has 0 aliphatic heterocycles. The van der Waals surface area contributed by atoms with Crippen molar-refractivity contribution in [2.75, 3.05) is 0 Å². The predicted molar refractivity (Wildman–Crippen MR) is 220 cm³/mol. The monoisotopic (exact) mass is 697 g/mol. The van der Waals surface area contributed by atoms with E-state index in [0.717, 1.165) is 77.4 Å². The van der Waals surface area contributed by atoms with Crippen molar-refractivity contribution < 1.29 is 9.52 Å². The van der Waals surface area contributed by atoms with Crippen molar-refractivity contribution in [2.45, 2.75) is 19.3 Å². The van der Waals surface area contributed by atoms with Crippen LogP contribution in [-0.4, -0.2) is 19.6 Å². The third-order valence-corrected chi connectivity index (χ3v) is 10.8. The Morgan fingerprint density at radius 3 is 2.07 bits per heavy atom. The summed E-state index contributed by atoms with van der Waals surface area (Å²) >= 11 is 0. The van der Waals surface area contributed by atoms with E-state index in [1.54, 1.807) is 6.07 Å². The first-order valence-corrected chi connectivity index (χ1v) is 18.2. The zero-order valence-corrected chi connectivity index (χ0v) is 29.9. The van der Waals surface area contributed by atoms with Gasteiger partial charge < -0.3 is 9.52 Å². The molecule has 0 aliphatic carbocycles. The number of phenolic OH excluding ortho intramolecular Hbond substituents is 1. The maximum Gasteiger partial charge on any atom is 0.149 e. The van der Waals surface area contributed by atoms with Gasteiger partial charge in [-0.3, -0.25) is 9.55 Å². The molecule has 54 heavy (non-hydrogen) atoms. The fraction of sp³-hybridized carbons (Fsp3) is 0.0612. The average Bonchev–Trinajstić information content (AvgIpc) is 3.79. The lowest BCUT2D eigenvalue weighted by Gasteiger charge is -2.27. The third kappa shape index (κ3) is 5.08. The van der Waals surface area contributed by atoms with Crippen molar-refractivity contribution in [2.24, 2.45) is 0 Å². The molecule has 0 atom stereocenters. The lowest BCUT2D eigenvalue weighted by Crippen LogP contribution is -2.19. The van der Waals surface area contributed by atoms with E-state index in [1.165, 1.54) is 5.56 Å². The van der Waals surface area contributed by atoms with Crippen LogP contribution >= 0.6 is 0 Å². The van der Waals surface area contributed by atoms with E-state index in [-0.39, 0.29) is 11.2 Å². The van der Waals surface area contributed by atoms with Crippen LogP contribution in [-0.2, 0) is 5.41 Å². The van der Waals surface area contributed by atoms with Gasteiger partial charge >= 0.3 is 0 Å². The number of aromatic nitrogens is 3. The van der Waals surface area contributed by atoms with Crippen molar-refractivity contribution in [1.29, 1.82) is 0 Å². The van der Waals surface area contributed by atoms with E-state index in [2.05, 4.69) is 134 Å². The number of furan rings is 1. The summed E-state index contributed by atoms with van der Waals surface area (Å²) in [5, 5.41) is 15.4. The summed E-state index contributed by atoms with van der Waals surface area (Å²) in [6.07, 6.45) is 1.84. The molecule has 5 heteroatoms. The summed E-state index contributed by atoms with van der Waals surface area (Å²) in [4.78, 5) is 10.4. The van der Waals surface area contributed by atoms with Gasteiger partial charge in [-0.2, -0.15) is 0 Å². The van der Waals surface area contributed by atoms with Crippen molar-refractivity contribution in [3.8, 4) is 45.2 Å². The van der Waals surface area contributed by atoms with Gasteiger partial charge in [0.15, 0.2) is 0 Å². The lowest BCUT2D eigenvalue weighted by molar-refractivity contribution is 0.477. The van der Waals surface area contributed by atoms with Crippen LogP contribution in [0.25, 0.3) is 83.2 Å². The zero-order valence-electron chi connectivity index (χ0n) is 29.9. The Morgan fingerprint density at radius 2 is 1.28 bits per heavy atom. The number of hydrogen-bond donors (Lipinski definition) is 1. The zero-order chi connectivity index (χ0) is 36.4. The molecule has 3 heterocycles. The number of benzene rings is 7. The number of imidazole rings is 1. The van der Waals surface area contributed by atoms with Gasteiger partial charge in [0.05, 0.1) is 27.7 Å². The van der Waals surface area contributed by atoms with Gasteiger partial charge in [0.2, 0.25) is 0 Å². The molecule has 0 aliphatic rings. The number of pyridine rings is 1. The van der Waals surface area contributed by atoms with Crippen molar-refractivity contribution in [3.05, 3.63) is 181 Å². The molecule has 0 radical (unpaired) electrons. The second kappa shape index (κ2) is 12.3. The van der Waals surface area contributed by atoms with E-state index < -0.39 is 0 Å². The molecule has 0 bridgehead atoms. The van der Waals surface area contributed by atoms with Crippen LogP contribution in [0.3, 0.4) is 0 Å². The highest BCUT2D eigenvalue weighted by Gasteiger charge is 2.27. The standard InChI is InChI=1S/C49H35N3O2/c1-49(2,35-16-5-3-6-17-35)36-27-33(26-34(28-36)46-45-40-29-31-14-9-10-15-32(31)30-44(40)54-43(45)24-25-50-46)38-21-13-22-41-47(38)51-48(39-20-11-12-23-42(39)53)52(41)37-18-7-4-8-19-37/h3-30,53H,1-2H3. The third-order valence-electron chi connectivity index (χ3n) is 10.8. The quantitative estimate of drug-likeness (QED) is 0.188. The maximum absolute atomic E-state index is 11.1. The Hall–Kier alpha value is -6.98. The lowest BCUT2D eigenvalue weighted by atomic mass is 9.76. The Labute approximate surface area is 312 Å². The summed E-state index contributed by atoms with van der Waals surface area (Å²) in [5.41, 5.74) is 11.0. The van der Waals surface area contributed by atoms with Crippen molar-refractivity contribution >= 4 is 43.7 Å². The molecule has 7 aromatic carbocycles. The Balaban J connectivity index is 1.26. The summed E-state index contributed by atoms with van der Waals surface area (Å²) in [5.74, 6) is 0.853. The summed E-state index contributed by atoms with van der Waals surface area (Å²) < 4.78 is 8.63. The molecule has 1 N–H and O–H groups in total. The van der Waals surface area contributed by atoms with E-state index >= 15 is 0 Å². The van der Waals surface area contributed by atoms with E-state index in [4.69, 9.17) is 14.4 Å². The normalized spacial score (nSPS) is 12.0. The molecule has 258 valence electrons. The van der Waals surface area contributed by atoms with Gasteiger partial charge in [-0.1, -0.05) is 117 Å². The largest absolute Gasteiger partial charge is 0.507 e. The fourth-order valence-corrected chi connectivity index (χ4v) is 7.94. The van der Waals surface area contributed by atoms with Crippen LogP contribution in [0.5, 0.6) is 5.75 Å². The Morgan fingerprint density at radius 1 is 0.593 bits per heavy atom. The first-order chi connectivity index (χ1) is 26.4. The summed E-state index contributed by atoms with van der Waals surface area (Å²) in [6, 6.07) is 56.1. The first kappa shape index (κ1) is 31.7. The molecule has 3 aromatic heterocycles. The first-order valence-electron chi connectivity index (χ1n) is 18.2. The minimum atomic E-state index is -0.340. The number of phenols is 1. The summed E-state index contributed by atoms with van der Waals surface area (Å²) in [7, 11) is 0. The highest BCUT2D eigenvalue weighted by molar-refractivity contribution is 6.15. The van der Waals surface area contributed by atoms with Crippen LogP contribution in [0.15, 0.2) is 174 Å². The fourth-order valence-electron chi connectivity index (χ4n) is 7.94. The van der Waals surface area contributed by atoms with Gasteiger partial charge in [0.1, 0.15) is 22.7 Å². The van der Waals surface area contributed by atoms with E-state index in [0.29, 0.717) is 11.4 Å². The molecule has 0 spiro atoms. The number of fused-ring (bicyclic) bond motifs is 5. The number of para-hydroxylation sites is 3. The molecule has 0 amide bonds. The second-order valence-electron chi connectivity index (χ2n) is 14.4. The SMILES string of the molecule is CC(C)(c1ccccc1)c1cc(-c2cccc3c2nc(-c2ccccc2O)n3-c2ccccc2)cc(-c2nccc3oc4cc5ccccc5cc4c23)c1. The number of nitrogens with zero attached hydrogens (tertiary/aromatic N) is 3. The highest BCUT2D eigenvalue weighted by Crippen LogP contribution is 2.43. The predicted octanol–water partition coefficient (Wildman–Crippen LogP) is 12.5. The minimum absolute atomic E-state index is 0.180. The molecule has 0 fully saturated rings. The van der Waals surface area contributed by atoms with Gasteiger partial charge in [0.25, 0.3) is 0 Å². The van der Waals surface area contributed by atoms with Gasteiger partial charge in [-0.05, 0) is 88.1 Å². The molecule has 0 saturated heterocycles. The van der Waals surface area contributed by atoms with Crippen molar-refractivity contribution in [3.63, 3.8) is 0 Å². The average molecular weight is 698 g/mol. The van der Waals surface area contributed by atoms with Crippen LogP contribution in [0.4, 0.5) is 0 Å². The van der Waals surface area contributed by atoms with E-state index in [9.17, 15) is 5.11 Å². The van der Waals surface area contributed by atoms with Gasteiger partial charge in [-0.25, -0.2) is 4.98 Å².